The van der Waals surface area contributed by atoms with Crippen LogP contribution in [0.1, 0.15) is 52.3 Å². The fraction of sp³-hybridized carbons (Fsp3) is 0.312. The molecule has 4 rings (SSSR count). The van der Waals surface area contributed by atoms with Gasteiger partial charge in [-0.1, -0.05) is 35.5 Å². The predicted molar refractivity (Wildman–Crippen MR) is 162 cm³/mol. The van der Waals surface area contributed by atoms with Crippen molar-refractivity contribution in [3.05, 3.63) is 123 Å². The molecule has 0 saturated heterocycles. The number of carbonyl (C=O) groups is 1. The Kier molecular flexibility index (Phi) is 11.4. The molecule has 1 aliphatic heterocycles. The number of nitrogens with zero attached hydrogens (tertiary/aromatic N) is 4. The molecule has 0 aromatic heterocycles. The second-order valence-corrected chi connectivity index (χ2v) is 10.6. The lowest BCUT2D eigenvalue weighted by atomic mass is 9.83. The highest BCUT2D eigenvalue weighted by atomic mass is 19.4. The van der Waals surface area contributed by atoms with E-state index >= 15 is 0 Å². The summed E-state index contributed by atoms with van der Waals surface area (Å²) < 4.78 is 92.1. The van der Waals surface area contributed by atoms with Crippen molar-refractivity contribution >= 4 is 11.8 Å². The first-order chi connectivity index (χ1) is 22.8. The number of ether oxygens (including phenoxy) is 2. The van der Waals surface area contributed by atoms with Crippen molar-refractivity contribution in [1.29, 1.82) is 0 Å². The molecular formula is C32H30F6N6O4. The Labute approximate surface area is 270 Å². The van der Waals surface area contributed by atoms with E-state index in [0.717, 1.165) is 0 Å². The normalized spacial score (nSPS) is 17.6. The molecule has 48 heavy (non-hydrogen) atoms. The number of alkyl halides is 6. The summed E-state index contributed by atoms with van der Waals surface area (Å²) in [5.41, 5.74) is 9.99. The van der Waals surface area contributed by atoms with Crippen molar-refractivity contribution in [3.8, 4) is 5.75 Å². The first kappa shape index (κ1) is 35.8. The fourth-order valence-electron chi connectivity index (χ4n) is 5.01. The smallest absolute Gasteiger partial charge is 0.416 e. The van der Waals surface area contributed by atoms with Gasteiger partial charge in [0, 0.05) is 36.5 Å². The van der Waals surface area contributed by atoms with E-state index in [2.05, 4.69) is 32.4 Å². The van der Waals surface area contributed by atoms with E-state index in [1.54, 1.807) is 48.5 Å². The first-order valence-corrected chi connectivity index (χ1v) is 14.4. The van der Waals surface area contributed by atoms with Gasteiger partial charge in [-0.25, -0.2) is 10.4 Å². The van der Waals surface area contributed by atoms with Crippen LogP contribution < -0.4 is 15.6 Å². The SMILES string of the molecule is C=CC[C@]1(C(=O)NNCc2cc(C(F)(F)F)cc(C(F)(F)F)c2)N=C(c2ccc(OCCCO)cc2)O[C@H]1c1ccccc1CN=[N+]=[N-]. The largest absolute Gasteiger partial charge is 0.494 e. The molecule has 1 amide bonds. The minimum Gasteiger partial charge on any atom is -0.494 e. The van der Waals surface area contributed by atoms with Gasteiger partial charge in [0.05, 0.1) is 24.3 Å². The van der Waals surface area contributed by atoms with Crippen molar-refractivity contribution in [1.82, 2.24) is 10.9 Å². The zero-order valence-electron chi connectivity index (χ0n) is 25.2. The molecule has 0 radical (unpaired) electrons. The van der Waals surface area contributed by atoms with Gasteiger partial charge in [-0.15, -0.1) is 6.58 Å². The molecule has 1 heterocycles. The second-order valence-electron chi connectivity index (χ2n) is 10.6. The van der Waals surface area contributed by atoms with Gasteiger partial charge in [0.1, 0.15) is 5.75 Å². The molecule has 16 heteroatoms. The van der Waals surface area contributed by atoms with Crippen LogP contribution in [0.5, 0.6) is 5.75 Å². The summed E-state index contributed by atoms with van der Waals surface area (Å²) in [4.78, 5) is 21.5. The predicted octanol–water partition coefficient (Wildman–Crippen LogP) is 6.95. The summed E-state index contributed by atoms with van der Waals surface area (Å²) in [7, 11) is 0. The van der Waals surface area contributed by atoms with E-state index in [1.165, 1.54) is 6.08 Å². The molecule has 0 aliphatic carbocycles. The van der Waals surface area contributed by atoms with Crippen LogP contribution in [0.15, 0.2) is 89.5 Å². The third kappa shape index (κ3) is 8.45. The van der Waals surface area contributed by atoms with Gasteiger partial charge in [0.25, 0.3) is 5.91 Å². The van der Waals surface area contributed by atoms with Crippen LogP contribution in [-0.4, -0.2) is 35.7 Å². The van der Waals surface area contributed by atoms with E-state index in [4.69, 9.17) is 20.1 Å². The molecular weight excluding hydrogens is 646 g/mol. The third-order valence-corrected chi connectivity index (χ3v) is 7.27. The summed E-state index contributed by atoms with van der Waals surface area (Å²) in [6, 6.07) is 14.4. The van der Waals surface area contributed by atoms with Crippen molar-refractivity contribution in [2.75, 3.05) is 13.2 Å². The molecule has 3 N–H and O–H groups in total. The second kappa shape index (κ2) is 15.2. The zero-order valence-corrected chi connectivity index (χ0v) is 25.2. The maximum Gasteiger partial charge on any atom is 0.416 e. The maximum atomic E-state index is 14.0. The lowest BCUT2D eigenvalue weighted by Gasteiger charge is -2.30. The number of aliphatic imine (C=N–C) groups is 1. The summed E-state index contributed by atoms with van der Waals surface area (Å²) >= 11 is 0. The van der Waals surface area contributed by atoms with E-state index in [9.17, 15) is 31.1 Å². The van der Waals surface area contributed by atoms with Crippen molar-refractivity contribution in [3.63, 3.8) is 0 Å². The van der Waals surface area contributed by atoms with Crippen LogP contribution in [0.3, 0.4) is 0 Å². The Morgan fingerprint density at radius 3 is 2.35 bits per heavy atom. The van der Waals surface area contributed by atoms with Gasteiger partial charge in [-0.3, -0.25) is 10.2 Å². The van der Waals surface area contributed by atoms with Gasteiger partial charge in [-0.2, -0.15) is 26.3 Å². The standard InChI is InChI=1S/C32H30F6N6O4/c1-2-12-30(29(46)43-40-18-20-15-23(31(33,34)35)17-24(16-20)32(36,37)38)27(26-7-4-3-6-22(26)19-41-44-39)48-28(42-30)21-8-10-25(11-9-21)47-14-5-13-45/h2-4,6-11,15-17,27,40,45H,1,5,12-14,18-19H2,(H,43,46)/t27-,30-/m0/s1. The number of hydrogen-bond acceptors (Lipinski definition) is 7. The van der Waals surface area contributed by atoms with Crippen LogP contribution in [0, 0.1) is 0 Å². The van der Waals surface area contributed by atoms with Crippen molar-refractivity contribution in [2.45, 2.75) is 49.9 Å². The number of rotatable bonds is 14. The number of benzene rings is 3. The van der Waals surface area contributed by atoms with Crippen LogP contribution in [0.4, 0.5) is 26.3 Å². The van der Waals surface area contributed by atoms with Gasteiger partial charge in [0.15, 0.2) is 11.6 Å². The molecule has 1 aliphatic rings. The highest BCUT2D eigenvalue weighted by molar-refractivity contribution is 6.01. The van der Waals surface area contributed by atoms with Crippen LogP contribution in [0.25, 0.3) is 10.4 Å². The van der Waals surface area contributed by atoms with Gasteiger partial charge in [-0.05, 0) is 64.7 Å². The van der Waals surface area contributed by atoms with E-state index in [0.29, 0.717) is 41.0 Å². The number of halogens is 6. The number of hydrogen-bond donors (Lipinski definition) is 3. The molecule has 3 aromatic rings. The van der Waals surface area contributed by atoms with Crippen molar-refractivity contribution in [2.24, 2.45) is 10.1 Å². The summed E-state index contributed by atoms with van der Waals surface area (Å²) in [6.45, 7) is 3.30. The topological polar surface area (TPSA) is 141 Å². The van der Waals surface area contributed by atoms with E-state index < -0.39 is 47.6 Å². The Morgan fingerprint density at radius 1 is 1.08 bits per heavy atom. The van der Waals surface area contributed by atoms with Crippen LogP contribution in [0.2, 0.25) is 0 Å². The lowest BCUT2D eigenvalue weighted by Crippen LogP contribution is -2.52. The minimum absolute atomic E-state index is 0.0133. The molecule has 2 atom stereocenters. The third-order valence-electron chi connectivity index (χ3n) is 7.27. The summed E-state index contributed by atoms with van der Waals surface area (Å²) in [6.07, 6.45) is -9.49. The van der Waals surface area contributed by atoms with Crippen LogP contribution in [-0.2, 0) is 35.0 Å². The lowest BCUT2D eigenvalue weighted by molar-refractivity contribution is -0.143. The molecule has 0 saturated carbocycles. The number of aliphatic hydroxyl groups excluding tert-OH is 1. The highest BCUT2D eigenvalue weighted by Gasteiger charge is 2.53. The molecule has 254 valence electrons. The average molecular weight is 677 g/mol. The maximum absolute atomic E-state index is 14.0. The van der Waals surface area contributed by atoms with E-state index in [-0.39, 0.29) is 43.7 Å². The Bertz CT molecular complexity index is 1660. The Hall–Kier alpha value is -5.05. The monoisotopic (exact) mass is 676 g/mol. The zero-order chi connectivity index (χ0) is 35.0. The number of aliphatic hydroxyl groups is 1. The van der Waals surface area contributed by atoms with Crippen LogP contribution >= 0.6 is 0 Å². The summed E-state index contributed by atoms with van der Waals surface area (Å²) in [5.74, 6) is -0.275. The quantitative estimate of drug-likeness (QED) is 0.0323. The molecule has 0 spiro atoms. The number of azide groups is 1. The molecule has 10 nitrogen and oxygen atoms in total. The fourth-order valence-corrected chi connectivity index (χ4v) is 5.01. The molecule has 0 fully saturated rings. The number of amides is 1. The first-order valence-electron chi connectivity index (χ1n) is 14.4. The number of carbonyl (C=O) groups excluding carboxylic acids is 1. The molecule has 0 bridgehead atoms. The Balaban J connectivity index is 1.69. The van der Waals surface area contributed by atoms with Gasteiger partial charge in [0.2, 0.25) is 5.90 Å². The number of hydrazine groups is 1. The molecule has 0 unspecified atom stereocenters. The van der Waals surface area contributed by atoms with Gasteiger partial charge >= 0.3 is 12.4 Å². The minimum atomic E-state index is -5.04. The number of nitrogens with one attached hydrogen (secondary N) is 2. The summed E-state index contributed by atoms with van der Waals surface area (Å²) in [5, 5.41) is 12.6. The average Bonchev–Trinajstić information content (AvgIpc) is 3.44. The van der Waals surface area contributed by atoms with E-state index in [1.807, 2.05) is 0 Å². The van der Waals surface area contributed by atoms with Gasteiger partial charge < -0.3 is 14.6 Å². The molecule has 3 aromatic carbocycles. The Morgan fingerprint density at radius 2 is 1.75 bits per heavy atom. The van der Waals surface area contributed by atoms with Crippen molar-refractivity contribution < 1.29 is 45.7 Å². The highest BCUT2D eigenvalue weighted by Crippen LogP contribution is 2.44.